The van der Waals surface area contributed by atoms with Crippen molar-refractivity contribution >= 4 is 5.71 Å². The minimum absolute atomic E-state index is 0.249. The first-order valence-corrected chi connectivity index (χ1v) is 10.2. The number of benzene rings is 2. The molecule has 1 unspecified atom stereocenters. The van der Waals surface area contributed by atoms with E-state index in [0.717, 1.165) is 57.7 Å². The molecule has 2 aromatic carbocycles. The molecule has 2 aliphatic heterocycles. The van der Waals surface area contributed by atoms with Crippen LogP contribution >= 0.6 is 0 Å². The van der Waals surface area contributed by atoms with Gasteiger partial charge in [0.2, 0.25) is 0 Å². The summed E-state index contributed by atoms with van der Waals surface area (Å²) in [6.07, 6.45) is 2.63. The van der Waals surface area contributed by atoms with Crippen LogP contribution in [0.1, 0.15) is 34.9 Å². The Labute approximate surface area is 179 Å². The number of nitrogens with zero attached hydrogens (tertiary/aromatic N) is 4. The van der Waals surface area contributed by atoms with Gasteiger partial charge in [0.15, 0.2) is 6.23 Å². The second kappa shape index (κ2) is 7.54. The van der Waals surface area contributed by atoms with Crippen LogP contribution in [-0.4, -0.2) is 33.8 Å². The molecule has 3 aromatic rings. The van der Waals surface area contributed by atoms with Gasteiger partial charge >= 0.3 is 0 Å². The summed E-state index contributed by atoms with van der Waals surface area (Å²) in [6.45, 7) is 0.925. The Balaban J connectivity index is 1.68. The van der Waals surface area contributed by atoms with Crippen LogP contribution in [-0.2, 0) is 13.5 Å². The number of aryl methyl sites for hydroxylation is 1. The summed E-state index contributed by atoms with van der Waals surface area (Å²) in [7, 11) is 1.87. The molecule has 2 aliphatic rings. The number of hydrazone groups is 1. The summed E-state index contributed by atoms with van der Waals surface area (Å²) >= 11 is 0. The first-order valence-electron chi connectivity index (χ1n) is 10.2. The predicted octanol–water partition coefficient (Wildman–Crippen LogP) is 2.21. The Morgan fingerprint density at radius 1 is 1.29 bits per heavy atom. The van der Waals surface area contributed by atoms with Gasteiger partial charge < -0.3 is 15.6 Å². The maximum absolute atomic E-state index is 10.2. The number of nitrogens with two attached hydrogens (primary N) is 1. The lowest BCUT2D eigenvalue weighted by atomic mass is 9.90. The van der Waals surface area contributed by atoms with Crippen molar-refractivity contribution in [3.05, 3.63) is 58.8 Å². The van der Waals surface area contributed by atoms with Crippen molar-refractivity contribution in [2.45, 2.75) is 19.1 Å². The van der Waals surface area contributed by atoms with E-state index in [2.05, 4.69) is 21.7 Å². The van der Waals surface area contributed by atoms with Crippen LogP contribution in [0.3, 0.4) is 0 Å². The number of fused-ring (bicyclic) bond motifs is 2. The summed E-state index contributed by atoms with van der Waals surface area (Å²) in [5.41, 5.74) is 15.8. The van der Waals surface area contributed by atoms with Gasteiger partial charge in [0.25, 0.3) is 0 Å². The Kier molecular flexibility index (Phi) is 4.70. The van der Waals surface area contributed by atoms with E-state index < -0.39 is 6.23 Å². The third-order valence-corrected chi connectivity index (χ3v) is 5.89. The van der Waals surface area contributed by atoms with E-state index in [0.29, 0.717) is 17.9 Å². The van der Waals surface area contributed by atoms with E-state index in [-0.39, 0.29) is 6.54 Å². The van der Waals surface area contributed by atoms with Crippen LogP contribution in [0.2, 0.25) is 0 Å². The molecule has 3 heterocycles. The first kappa shape index (κ1) is 19.3. The van der Waals surface area contributed by atoms with Crippen LogP contribution in [0.15, 0.2) is 41.6 Å². The fraction of sp³-hybridized carbons (Fsp3) is 0.261. The van der Waals surface area contributed by atoms with Crippen LogP contribution in [0, 0.1) is 11.3 Å². The molecule has 31 heavy (non-hydrogen) atoms. The number of aromatic nitrogens is 2. The zero-order valence-corrected chi connectivity index (χ0v) is 17.1. The molecule has 1 atom stereocenters. The van der Waals surface area contributed by atoms with E-state index in [9.17, 15) is 10.4 Å². The molecular weight excluding hydrogens is 392 g/mol. The van der Waals surface area contributed by atoms with Gasteiger partial charge in [0, 0.05) is 41.4 Å². The maximum atomic E-state index is 10.2. The van der Waals surface area contributed by atoms with Crippen LogP contribution in [0.25, 0.3) is 22.4 Å². The minimum atomic E-state index is -0.876. The SMILES string of the molecule is Cn1ncc(-c2ccc3c(c2)C(CN)=NNC3O)c1-c1ccc2c(c1C#N)CCCO2. The normalized spacial score (nSPS) is 17.0. The molecule has 0 radical (unpaired) electrons. The Hall–Kier alpha value is -3.67. The highest BCUT2D eigenvalue weighted by atomic mass is 16.5. The molecule has 156 valence electrons. The van der Waals surface area contributed by atoms with E-state index >= 15 is 0 Å². The van der Waals surface area contributed by atoms with Crippen molar-refractivity contribution < 1.29 is 9.84 Å². The molecule has 0 spiro atoms. The minimum Gasteiger partial charge on any atom is -0.493 e. The summed E-state index contributed by atoms with van der Waals surface area (Å²) in [5, 5.41) is 28.9. The molecule has 1 aromatic heterocycles. The molecule has 0 fully saturated rings. The Morgan fingerprint density at radius 2 is 2.16 bits per heavy atom. The topological polar surface area (TPSA) is 121 Å². The highest BCUT2D eigenvalue weighted by molar-refractivity contribution is 6.05. The smallest absolute Gasteiger partial charge is 0.166 e. The third kappa shape index (κ3) is 3.06. The predicted molar refractivity (Wildman–Crippen MR) is 116 cm³/mol. The van der Waals surface area contributed by atoms with Crippen LogP contribution in [0.5, 0.6) is 5.75 Å². The van der Waals surface area contributed by atoms with Crippen molar-refractivity contribution in [3.8, 4) is 34.2 Å². The molecule has 0 saturated heterocycles. The molecular formula is C23H22N6O2. The summed E-state index contributed by atoms with van der Waals surface area (Å²) < 4.78 is 7.54. The maximum Gasteiger partial charge on any atom is 0.166 e. The zero-order chi connectivity index (χ0) is 21.5. The van der Waals surface area contributed by atoms with Gasteiger partial charge in [-0.15, -0.1) is 0 Å². The lowest BCUT2D eigenvalue weighted by Gasteiger charge is -2.23. The summed E-state index contributed by atoms with van der Waals surface area (Å²) in [6, 6.07) is 12.0. The third-order valence-electron chi connectivity index (χ3n) is 5.89. The average molecular weight is 414 g/mol. The highest BCUT2D eigenvalue weighted by Gasteiger charge is 2.25. The van der Waals surface area contributed by atoms with E-state index in [1.807, 2.05) is 37.4 Å². The average Bonchev–Trinajstić information content (AvgIpc) is 3.19. The number of nitriles is 1. The number of hydrogen-bond donors (Lipinski definition) is 3. The molecule has 4 N–H and O–H groups in total. The van der Waals surface area contributed by atoms with Crippen molar-refractivity contribution in [1.29, 1.82) is 5.26 Å². The fourth-order valence-electron chi connectivity index (χ4n) is 4.37. The highest BCUT2D eigenvalue weighted by Crippen LogP contribution is 2.39. The first-order chi connectivity index (χ1) is 15.1. The largest absolute Gasteiger partial charge is 0.493 e. The lowest BCUT2D eigenvalue weighted by molar-refractivity contribution is 0.138. The van der Waals surface area contributed by atoms with Gasteiger partial charge in [-0.2, -0.15) is 15.5 Å². The van der Waals surface area contributed by atoms with E-state index in [4.69, 9.17) is 10.5 Å². The summed E-state index contributed by atoms with van der Waals surface area (Å²) in [4.78, 5) is 0. The Bertz CT molecular complexity index is 1250. The number of nitrogens with one attached hydrogen (secondary N) is 1. The Morgan fingerprint density at radius 3 is 2.97 bits per heavy atom. The van der Waals surface area contributed by atoms with Crippen molar-refractivity contribution in [1.82, 2.24) is 15.2 Å². The summed E-state index contributed by atoms with van der Waals surface area (Å²) in [5.74, 6) is 0.786. The molecule has 0 saturated carbocycles. The van der Waals surface area contributed by atoms with Gasteiger partial charge in [-0.1, -0.05) is 12.1 Å². The fourth-order valence-corrected chi connectivity index (χ4v) is 4.37. The monoisotopic (exact) mass is 414 g/mol. The standard InChI is InChI=1S/C23H22N6O2/c1-29-22(15-6-7-21-14(18(15)10-24)3-2-8-31-21)19(12-26-29)13-4-5-16-17(9-13)20(11-25)27-28-23(16)30/h4-7,9,12,23,28,30H,2-3,8,11,25H2,1H3. The molecule has 0 aliphatic carbocycles. The number of ether oxygens (including phenoxy) is 1. The van der Waals surface area contributed by atoms with Crippen LogP contribution in [0.4, 0.5) is 0 Å². The van der Waals surface area contributed by atoms with Gasteiger partial charge in [-0.3, -0.25) is 10.1 Å². The molecule has 0 amide bonds. The van der Waals surface area contributed by atoms with Gasteiger partial charge in [-0.25, -0.2) is 0 Å². The van der Waals surface area contributed by atoms with Gasteiger partial charge in [0.05, 0.1) is 29.8 Å². The quantitative estimate of drug-likeness (QED) is 0.604. The number of rotatable bonds is 3. The number of hydrogen-bond acceptors (Lipinski definition) is 7. The van der Waals surface area contributed by atoms with E-state index in [1.165, 1.54) is 0 Å². The zero-order valence-electron chi connectivity index (χ0n) is 17.1. The molecule has 8 heteroatoms. The second-order valence-electron chi connectivity index (χ2n) is 7.66. The van der Waals surface area contributed by atoms with Crippen molar-refractivity contribution in [3.63, 3.8) is 0 Å². The molecule has 8 nitrogen and oxygen atoms in total. The number of aliphatic hydroxyl groups is 1. The second-order valence-corrected chi connectivity index (χ2v) is 7.66. The van der Waals surface area contributed by atoms with Gasteiger partial charge in [0.1, 0.15) is 11.8 Å². The molecule has 5 rings (SSSR count). The lowest BCUT2D eigenvalue weighted by Crippen LogP contribution is -2.29. The van der Waals surface area contributed by atoms with Crippen molar-refractivity contribution in [2.75, 3.05) is 13.2 Å². The number of aliphatic hydroxyl groups excluding tert-OH is 1. The molecule has 0 bridgehead atoms. The van der Waals surface area contributed by atoms with Crippen molar-refractivity contribution in [2.24, 2.45) is 17.9 Å². The van der Waals surface area contributed by atoms with Gasteiger partial charge in [-0.05, 0) is 36.6 Å². The van der Waals surface area contributed by atoms with E-state index in [1.54, 1.807) is 10.9 Å². The van der Waals surface area contributed by atoms with Crippen LogP contribution < -0.4 is 15.9 Å².